The van der Waals surface area contributed by atoms with Gasteiger partial charge < -0.3 is 15.7 Å². The van der Waals surface area contributed by atoms with Crippen LogP contribution in [-0.4, -0.2) is 42.8 Å². The third kappa shape index (κ3) is 6.74. The highest BCUT2D eigenvalue weighted by Gasteiger charge is 2.10. The molecule has 2 aromatic rings. The monoisotopic (exact) mass is 460 g/mol. The Hall–Kier alpha value is -1.19. The van der Waals surface area contributed by atoms with Crippen molar-refractivity contribution in [3.63, 3.8) is 0 Å². The number of rotatable bonds is 7. The fourth-order valence-corrected chi connectivity index (χ4v) is 3.04. The number of nitrogens with one attached hydrogen (secondary N) is 2. The van der Waals surface area contributed by atoms with Crippen LogP contribution in [0, 0.1) is 6.92 Å². The fourth-order valence-electron chi connectivity index (χ4n) is 2.26. The Balaban J connectivity index is 0.00000288. The number of nitrogens with zero attached hydrogens (tertiary/aromatic N) is 2. The lowest BCUT2D eigenvalue weighted by Crippen LogP contribution is -2.40. The van der Waals surface area contributed by atoms with Crippen molar-refractivity contribution in [2.75, 3.05) is 26.7 Å². The second kappa shape index (κ2) is 11.4. The highest BCUT2D eigenvalue weighted by molar-refractivity contribution is 14.0. The zero-order valence-corrected chi connectivity index (χ0v) is 17.2. The van der Waals surface area contributed by atoms with E-state index in [0.29, 0.717) is 6.54 Å². The predicted octanol–water partition coefficient (Wildman–Crippen LogP) is 2.55. The van der Waals surface area contributed by atoms with Gasteiger partial charge >= 0.3 is 0 Å². The van der Waals surface area contributed by atoms with Crippen LogP contribution in [0.15, 0.2) is 41.5 Å². The number of hydrogen-bond donors (Lipinski definition) is 3. The minimum absolute atomic E-state index is 0. The van der Waals surface area contributed by atoms with Crippen molar-refractivity contribution in [2.24, 2.45) is 4.99 Å². The molecule has 1 atom stereocenters. The van der Waals surface area contributed by atoms with Gasteiger partial charge in [-0.3, -0.25) is 4.99 Å². The molecule has 0 radical (unpaired) electrons. The molecule has 2 rings (SSSR count). The molecule has 132 valence electrons. The largest absolute Gasteiger partial charge is 0.396 e. The third-order valence-electron chi connectivity index (χ3n) is 3.53. The van der Waals surface area contributed by atoms with E-state index in [-0.39, 0.29) is 36.5 Å². The van der Waals surface area contributed by atoms with Crippen molar-refractivity contribution < 1.29 is 5.11 Å². The molecule has 0 bridgehead atoms. The number of hydrogen-bond acceptors (Lipinski definition) is 4. The van der Waals surface area contributed by atoms with Gasteiger partial charge in [-0.1, -0.05) is 30.3 Å². The van der Waals surface area contributed by atoms with E-state index >= 15 is 0 Å². The summed E-state index contributed by atoms with van der Waals surface area (Å²) in [7, 11) is 1.75. The first-order chi connectivity index (χ1) is 11.2. The Morgan fingerprint density at radius 2 is 2.04 bits per heavy atom. The minimum atomic E-state index is 0. The maximum atomic E-state index is 9.58. The molecule has 0 aliphatic heterocycles. The van der Waals surface area contributed by atoms with Gasteiger partial charge in [0.15, 0.2) is 5.96 Å². The summed E-state index contributed by atoms with van der Waals surface area (Å²) < 4.78 is 0. The maximum absolute atomic E-state index is 9.58. The second-order valence-electron chi connectivity index (χ2n) is 5.28. The molecule has 1 unspecified atom stereocenters. The molecular weight excluding hydrogens is 435 g/mol. The number of guanidine groups is 1. The zero-order chi connectivity index (χ0) is 16.5. The smallest absolute Gasteiger partial charge is 0.191 e. The Morgan fingerprint density at radius 3 is 2.62 bits per heavy atom. The maximum Gasteiger partial charge on any atom is 0.191 e. The van der Waals surface area contributed by atoms with E-state index in [9.17, 15) is 5.11 Å². The Morgan fingerprint density at radius 1 is 1.29 bits per heavy atom. The van der Waals surface area contributed by atoms with E-state index in [0.717, 1.165) is 29.5 Å². The molecule has 5 nitrogen and oxygen atoms in total. The summed E-state index contributed by atoms with van der Waals surface area (Å²) in [6.45, 7) is 3.58. The molecular formula is C17H25IN4OS. The number of aliphatic imine (C=N–C) groups is 1. The Labute approximate surface area is 164 Å². The summed E-state index contributed by atoms with van der Waals surface area (Å²) in [5, 5.41) is 17.3. The molecule has 7 heteroatoms. The number of aromatic nitrogens is 1. The Kier molecular flexibility index (Phi) is 9.89. The lowest BCUT2D eigenvalue weighted by Gasteiger charge is -2.18. The average Bonchev–Trinajstić information content (AvgIpc) is 3.00. The van der Waals surface area contributed by atoms with E-state index in [2.05, 4.69) is 27.5 Å². The van der Waals surface area contributed by atoms with Crippen molar-refractivity contribution in [2.45, 2.75) is 19.3 Å². The van der Waals surface area contributed by atoms with Crippen molar-refractivity contribution in [1.82, 2.24) is 15.6 Å². The van der Waals surface area contributed by atoms with Gasteiger partial charge in [0.2, 0.25) is 0 Å². The molecule has 24 heavy (non-hydrogen) atoms. The lowest BCUT2D eigenvalue weighted by atomic mass is 10.0. The molecule has 0 amide bonds. The molecule has 1 heterocycles. The van der Waals surface area contributed by atoms with Crippen LogP contribution >= 0.6 is 35.3 Å². The van der Waals surface area contributed by atoms with Crippen LogP contribution in [0.4, 0.5) is 0 Å². The van der Waals surface area contributed by atoms with Gasteiger partial charge in [0, 0.05) is 43.5 Å². The summed E-state index contributed by atoms with van der Waals surface area (Å²) >= 11 is 1.72. The van der Waals surface area contributed by atoms with Gasteiger partial charge in [-0.25, -0.2) is 4.98 Å². The normalized spacial score (nSPS) is 12.4. The van der Waals surface area contributed by atoms with Crippen LogP contribution in [0.2, 0.25) is 0 Å². The highest BCUT2D eigenvalue weighted by atomic mass is 127. The standard InChI is InChI=1S/C17H24N4OS.HI/c1-13-10-20-16(23-13)8-9-19-17(18-2)21-11-15(12-22)14-6-4-3-5-7-14;/h3-7,10,15,22H,8-9,11-12H2,1-2H3,(H2,18,19,21);1H. The lowest BCUT2D eigenvalue weighted by molar-refractivity contribution is 0.265. The van der Waals surface area contributed by atoms with Crippen LogP contribution in [0.3, 0.4) is 0 Å². The highest BCUT2D eigenvalue weighted by Crippen LogP contribution is 2.13. The first-order valence-electron chi connectivity index (χ1n) is 7.74. The molecule has 1 aromatic heterocycles. The summed E-state index contributed by atoms with van der Waals surface area (Å²) in [5.41, 5.74) is 1.12. The molecule has 0 saturated carbocycles. The van der Waals surface area contributed by atoms with Gasteiger partial charge in [0.25, 0.3) is 0 Å². The summed E-state index contributed by atoms with van der Waals surface area (Å²) in [6.07, 6.45) is 2.78. The van der Waals surface area contributed by atoms with Crippen LogP contribution in [0.5, 0.6) is 0 Å². The second-order valence-corrected chi connectivity index (χ2v) is 6.60. The molecule has 0 aliphatic rings. The van der Waals surface area contributed by atoms with Crippen molar-refractivity contribution in [3.05, 3.63) is 52.0 Å². The molecule has 0 spiro atoms. The van der Waals surface area contributed by atoms with Gasteiger partial charge in [-0.05, 0) is 12.5 Å². The molecule has 1 aromatic carbocycles. The van der Waals surface area contributed by atoms with E-state index in [1.54, 1.807) is 18.4 Å². The van der Waals surface area contributed by atoms with E-state index in [4.69, 9.17) is 0 Å². The number of aliphatic hydroxyl groups is 1. The van der Waals surface area contributed by atoms with E-state index in [1.807, 2.05) is 36.5 Å². The number of benzene rings is 1. The number of halogens is 1. The topological polar surface area (TPSA) is 69.5 Å². The summed E-state index contributed by atoms with van der Waals surface area (Å²) in [4.78, 5) is 9.80. The first kappa shape index (κ1) is 20.9. The third-order valence-corrected chi connectivity index (χ3v) is 4.50. The van der Waals surface area contributed by atoms with Crippen molar-refractivity contribution in [1.29, 1.82) is 0 Å². The van der Waals surface area contributed by atoms with E-state index in [1.165, 1.54) is 4.88 Å². The quantitative estimate of drug-likeness (QED) is 0.338. The predicted molar refractivity (Wildman–Crippen MR) is 112 cm³/mol. The summed E-state index contributed by atoms with van der Waals surface area (Å²) in [5.74, 6) is 0.795. The van der Waals surface area contributed by atoms with Gasteiger partial charge in [0.1, 0.15) is 0 Å². The van der Waals surface area contributed by atoms with Crippen molar-refractivity contribution >= 4 is 41.3 Å². The van der Waals surface area contributed by atoms with Crippen LogP contribution in [0.25, 0.3) is 0 Å². The minimum Gasteiger partial charge on any atom is -0.396 e. The zero-order valence-electron chi connectivity index (χ0n) is 14.0. The molecule has 0 saturated heterocycles. The number of thiazole rings is 1. The van der Waals surface area contributed by atoms with Gasteiger partial charge in [-0.15, -0.1) is 35.3 Å². The average molecular weight is 460 g/mol. The van der Waals surface area contributed by atoms with Crippen LogP contribution < -0.4 is 10.6 Å². The first-order valence-corrected chi connectivity index (χ1v) is 8.56. The molecule has 3 N–H and O–H groups in total. The summed E-state index contributed by atoms with van der Waals surface area (Å²) in [6, 6.07) is 10.0. The SMILES string of the molecule is CN=C(NCCc1ncc(C)s1)NCC(CO)c1ccccc1.I. The number of aryl methyl sites for hydroxylation is 1. The van der Waals surface area contributed by atoms with E-state index < -0.39 is 0 Å². The van der Waals surface area contributed by atoms with Crippen molar-refractivity contribution in [3.8, 4) is 0 Å². The van der Waals surface area contributed by atoms with Crippen LogP contribution in [-0.2, 0) is 6.42 Å². The Bertz CT molecular complexity index is 618. The van der Waals surface area contributed by atoms with Gasteiger partial charge in [0.05, 0.1) is 11.6 Å². The molecule has 0 aliphatic carbocycles. The molecule has 0 fully saturated rings. The fraction of sp³-hybridized carbons (Fsp3) is 0.412. The van der Waals surface area contributed by atoms with Gasteiger partial charge in [-0.2, -0.15) is 0 Å². The number of aliphatic hydroxyl groups excluding tert-OH is 1. The van der Waals surface area contributed by atoms with Crippen LogP contribution in [0.1, 0.15) is 21.4 Å².